The summed E-state index contributed by atoms with van der Waals surface area (Å²) in [4.78, 5) is 31.4. The van der Waals surface area contributed by atoms with Crippen LogP contribution in [0.15, 0.2) is 24.3 Å². The van der Waals surface area contributed by atoms with E-state index in [1.807, 2.05) is 19.1 Å². The van der Waals surface area contributed by atoms with Gasteiger partial charge < -0.3 is 20.4 Å². The third-order valence-electron chi connectivity index (χ3n) is 3.14. The number of nitrogens with one attached hydrogen (secondary N) is 1. The molecule has 0 aliphatic rings. The molecule has 0 radical (unpaired) electrons. The number of rotatable bonds is 9. The number of aryl methyl sites for hydroxylation is 1. The minimum Gasteiger partial charge on any atom is -0.481 e. The Morgan fingerprint density at radius 3 is 2.32 bits per heavy atom. The molecular formula is C14H20NO6P. The van der Waals surface area contributed by atoms with E-state index in [0.717, 1.165) is 5.56 Å². The van der Waals surface area contributed by atoms with Gasteiger partial charge in [0.25, 0.3) is 0 Å². The predicted molar refractivity (Wildman–Crippen MR) is 82.4 cm³/mol. The van der Waals surface area contributed by atoms with Crippen molar-refractivity contribution in [3.05, 3.63) is 29.8 Å². The summed E-state index contributed by atoms with van der Waals surface area (Å²) in [7, 11) is -3.72. The van der Waals surface area contributed by atoms with Gasteiger partial charge in [-0.15, -0.1) is 0 Å². The fourth-order valence-electron chi connectivity index (χ4n) is 1.89. The smallest absolute Gasteiger partial charge is 0.307 e. The van der Waals surface area contributed by atoms with E-state index in [1.54, 1.807) is 12.1 Å². The number of benzene rings is 1. The molecule has 0 spiro atoms. The van der Waals surface area contributed by atoms with Gasteiger partial charge in [0.1, 0.15) is 0 Å². The molecule has 0 saturated heterocycles. The van der Waals surface area contributed by atoms with Crippen molar-refractivity contribution < 1.29 is 29.3 Å². The van der Waals surface area contributed by atoms with Crippen LogP contribution in [0.25, 0.3) is 0 Å². The lowest BCUT2D eigenvalue weighted by molar-refractivity contribution is -0.142. The zero-order valence-electron chi connectivity index (χ0n) is 12.2. The van der Waals surface area contributed by atoms with E-state index in [-0.39, 0.29) is 19.1 Å². The van der Waals surface area contributed by atoms with Crippen LogP contribution in [0, 0.1) is 12.8 Å². The average molecular weight is 329 g/mol. The number of hydrogen-bond donors (Lipinski definition) is 4. The van der Waals surface area contributed by atoms with Gasteiger partial charge >= 0.3 is 11.9 Å². The molecule has 4 N–H and O–H groups in total. The quantitative estimate of drug-likeness (QED) is 0.512. The van der Waals surface area contributed by atoms with E-state index >= 15 is 0 Å². The van der Waals surface area contributed by atoms with Gasteiger partial charge in [-0.1, -0.05) is 17.7 Å². The highest BCUT2D eigenvalue weighted by atomic mass is 31.2. The van der Waals surface area contributed by atoms with Crippen LogP contribution in [0.1, 0.15) is 18.4 Å². The summed E-state index contributed by atoms with van der Waals surface area (Å²) < 4.78 is 12.1. The number of hydrogen-bond acceptors (Lipinski definition) is 4. The largest absolute Gasteiger partial charge is 0.481 e. The molecule has 0 aliphatic heterocycles. The molecule has 0 bridgehead atoms. The van der Waals surface area contributed by atoms with Crippen LogP contribution in [-0.2, 0) is 14.2 Å². The first-order chi connectivity index (χ1) is 10.2. The summed E-state index contributed by atoms with van der Waals surface area (Å²) in [6.07, 6.45) is -1.22. The van der Waals surface area contributed by atoms with E-state index in [9.17, 15) is 19.0 Å². The van der Waals surface area contributed by atoms with Crippen molar-refractivity contribution in [1.82, 2.24) is 0 Å². The SMILES string of the molecule is Cc1ccc(NCP(=O)(O)CC(CCC(=O)O)C(=O)O)cc1. The summed E-state index contributed by atoms with van der Waals surface area (Å²) in [5, 5.41) is 20.4. The number of carboxylic acid groups (broad SMARTS) is 2. The Balaban J connectivity index is 2.59. The van der Waals surface area contributed by atoms with Crippen LogP contribution in [0.2, 0.25) is 0 Å². The minimum atomic E-state index is -3.72. The van der Waals surface area contributed by atoms with E-state index in [2.05, 4.69) is 5.32 Å². The maximum atomic E-state index is 12.1. The van der Waals surface area contributed by atoms with Gasteiger partial charge in [-0.05, 0) is 25.5 Å². The number of anilines is 1. The van der Waals surface area contributed by atoms with Gasteiger partial charge in [0.05, 0.1) is 12.2 Å². The molecule has 0 aromatic heterocycles. The summed E-state index contributed by atoms with van der Waals surface area (Å²) in [5.41, 5.74) is 1.72. The highest BCUT2D eigenvalue weighted by Crippen LogP contribution is 2.43. The van der Waals surface area contributed by atoms with Gasteiger partial charge in [-0.25, -0.2) is 0 Å². The Kier molecular flexibility index (Phi) is 6.59. The number of aliphatic carboxylic acids is 2. The van der Waals surface area contributed by atoms with Crippen LogP contribution in [0.3, 0.4) is 0 Å². The average Bonchev–Trinajstić information content (AvgIpc) is 2.42. The normalized spacial score (nSPS) is 14.8. The molecule has 0 saturated carbocycles. The lowest BCUT2D eigenvalue weighted by atomic mass is 10.1. The molecule has 7 nitrogen and oxygen atoms in total. The Hall–Kier alpha value is -1.85. The fourth-order valence-corrected chi connectivity index (χ4v) is 3.47. The van der Waals surface area contributed by atoms with E-state index < -0.39 is 31.4 Å². The Labute approximate surface area is 128 Å². The van der Waals surface area contributed by atoms with Crippen molar-refractivity contribution in [2.24, 2.45) is 5.92 Å². The molecule has 8 heteroatoms. The van der Waals surface area contributed by atoms with E-state index in [0.29, 0.717) is 5.69 Å². The van der Waals surface area contributed by atoms with Crippen LogP contribution < -0.4 is 5.32 Å². The molecule has 0 aliphatic carbocycles. The molecule has 0 fully saturated rings. The van der Waals surface area contributed by atoms with Gasteiger partial charge in [0.2, 0.25) is 7.37 Å². The second kappa shape index (κ2) is 7.96. The molecule has 1 aromatic rings. The van der Waals surface area contributed by atoms with Crippen molar-refractivity contribution in [2.75, 3.05) is 17.8 Å². The third-order valence-corrected chi connectivity index (χ3v) is 4.81. The monoisotopic (exact) mass is 329 g/mol. The van der Waals surface area contributed by atoms with Crippen molar-refractivity contribution in [3.8, 4) is 0 Å². The number of carboxylic acids is 2. The molecular weight excluding hydrogens is 309 g/mol. The minimum absolute atomic E-state index is 0.167. The van der Waals surface area contributed by atoms with Crippen molar-refractivity contribution in [3.63, 3.8) is 0 Å². The summed E-state index contributed by atoms with van der Waals surface area (Å²) in [5.74, 6) is -3.53. The Morgan fingerprint density at radius 1 is 1.23 bits per heavy atom. The van der Waals surface area contributed by atoms with Gasteiger partial charge in [-0.2, -0.15) is 0 Å². The first-order valence-electron chi connectivity index (χ1n) is 6.75. The van der Waals surface area contributed by atoms with Crippen molar-refractivity contribution in [1.29, 1.82) is 0 Å². The summed E-state index contributed by atoms with van der Waals surface area (Å²) in [6, 6.07) is 7.21. The topological polar surface area (TPSA) is 124 Å². The van der Waals surface area contributed by atoms with Crippen LogP contribution in [0.4, 0.5) is 5.69 Å². The Bertz CT molecular complexity index is 571. The molecule has 2 atom stereocenters. The van der Waals surface area contributed by atoms with E-state index in [1.165, 1.54) is 0 Å². The Morgan fingerprint density at radius 2 is 1.82 bits per heavy atom. The first-order valence-corrected chi connectivity index (χ1v) is 8.78. The zero-order valence-corrected chi connectivity index (χ0v) is 13.1. The number of carbonyl (C=O) groups is 2. The standard InChI is InChI=1S/C14H20NO6P/c1-10-2-5-12(6-3-10)15-9-22(20,21)8-11(14(18)19)4-7-13(16)17/h2-3,5-6,11,15H,4,7-9H2,1H3,(H,16,17)(H,18,19)(H,20,21). The highest BCUT2D eigenvalue weighted by molar-refractivity contribution is 7.58. The second-order valence-electron chi connectivity index (χ2n) is 5.20. The molecule has 0 heterocycles. The van der Waals surface area contributed by atoms with Crippen LogP contribution in [0.5, 0.6) is 0 Å². The lowest BCUT2D eigenvalue weighted by Gasteiger charge is -2.17. The summed E-state index contributed by atoms with van der Waals surface area (Å²) in [6.45, 7) is 1.92. The fraction of sp³-hybridized carbons (Fsp3) is 0.429. The molecule has 0 amide bonds. The third kappa shape index (κ3) is 6.74. The van der Waals surface area contributed by atoms with E-state index in [4.69, 9.17) is 10.2 Å². The molecule has 22 heavy (non-hydrogen) atoms. The molecule has 1 aromatic carbocycles. The predicted octanol–water partition coefficient (Wildman–Crippen LogP) is 2.20. The van der Waals surface area contributed by atoms with Gasteiger partial charge in [0, 0.05) is 18.3 Å². The highest BCUT2D eigenvalue weighted by Gasteiger charge is 2.29. The van der Waals surface area contributed by atoms with Gasteiger partial charge in [-0.3, -0.25) is 14.2 Å². The molecule has 1 rings (SSSR count). The second-order valence-corrected chi connectivity index (χ2v) is 7.57. The van der Waals surface area contributed by atoms with Gasteiger partial charge in [0.15, 0.2) is 0 Å². The maximum absolute atomic E-state index is 12.1. The molecule has 122 valence electrons. The summed E-state index contributed by atoms with van der Waals surface area (Å²) >= 11 is 0. The maximum Gasteiger partial charge on any atom is 0.307 e. The molecule has 2 unspecified atom stereocenters. The van der Waals surface area contributed by atoms with Crippen LogP contribution in [-0.4, -0.2) is 39.5 Å². The van der Waals surface area contributed by atoms with Crippen molar-refractivity contribution >= 4 is 25.0 Å². The first kappa shape index (κ1) is 18.2. The van der Waals surface area contributed by atoms with Crippen molar-refractivity contribution in [2.45, 2.75) is 19.8 Å². The lowest BCUT2D eigenvalue weighted by Crippen LogP contribution is -2.21. The zero-order chi connectivity index (χ0) is 16.8. The van der Waals surface area contributed by atoms with Crippen LogP contribution >= 0.6 is 7.37 Å².